The van der Waals surface area contributed by atoms with Crippen LogP contribution in [-0.4, -0.2) is 36.3 Å². The molecule has 0 saturated heterocycles. The van der Waals surface area contributed by atoms with Crippen LogP contribution < -0.4 is 4.72 Å². The zero-order valence-electron chi connectivity index (χ0n) is 16.6. The second-order valence-electron chi connectivity index (χ2n) is 8.23. The Morgan fingerprint density at radius 2 is 1.89 bits per heavy atom. The van der Waals surface area contributed by atoms with E-state index in [9.17, 15) is 17.6 Å². The highest BCUT2D eigenvalue weighted by Gasteiger charge is 2.35. The van der Waals surface area contributed by atoms with Crippen LogP contribution in [0.3, 0.4) is 0 Å². The van der Waals surface area contributed by atoms with Gasteiger partial charge in [-0.3, -0.25) is 4.90 Å². The van der Waals surface area contributed by atoms with Crippen LogP contribution >= 0.6 is 0 Å². The number of sulfonamides is 1. The van der Waals surface area contributed by atoms with E-state index in [1.807, 2.05) is 40.7 Å². The number of fused-ring (bicyclic) bond motifs is 1. The van der Waals surface area contributed by atoms with Crippen molar-refractivity contribution in [2.45, 2.75) is 77.4 Å². The molecule has 0 bridgehead atoms. The third-order valence-electron chi connectivity index (χ3n) is 3.94. The van der Waals surface area contributed by atoms with E-state index in [4.69, 9.17) is 4.74 Å². The number of ether oxygens (including phenoxy) is 1. The number of carbonyl (C=O) groups excluding carboxylic acids is 1. The molecule has 0 spiro atoms. The van der Waals surface area contributed by atoms with Crippen molar-refractivity contribution in [3.05, 3.63) is 35.1 Å². The summed E-state index contributed by atoms with van der Waals surface area (Å²) in [6.45, 7) is 9.82. The largest absolute Gasteiger partial charge is 0.444 e. The minimum atomic E-state index is -2.94. The Morgan fingerprint density at radius 1 is 1.26 bits per heavy atom. The highest BCUT2D eigenvalue weighted by Crippen LogP contribution is 2.27. The Hall–Kier alpha value is -1.67. The molecule has 0 unspecified atom stereocenters. The Bertz CT molecular complexity index is 783. The van der Waals surface area contributed by atoms with Crippen LogP contribution in [0.5, 0.6) is 0 Å². The van der Waals surface area contributed by atoms with Crippen LogP contribution in [-0.2, 0) is 27.8 Å². The molecule has 1 saturated carbocycles. The number of nitrogens with zero attached hydrogens (tertiary/aromatic N) is 1. The summed E-state index contributed by atoms with van der Waals surface area (Å²) in [4.78, 5) is 13.3. The van der Waals surface area contributed by atoms with Crippen molar-refractivity contribution in [3.63, 3.8) is 0 Å². The molecule has 1 aliphatic carbocycles. The second-order valence-corrected chi connectivity index (χ2v) is 10.2. The maximum absolute atomic E-state index is 13.5. The van der Waals surface area contributed by atoms with Gasteiger partial charge in [-0.25, -0.2) is 22.3 Å². The molecule has 1 aromatic carbocycles. The van der Waals surface area contributed by atoms with E-state index in [-0.39, 0.29) is 23.7 Å². The van der Waals surface area contributed by atoms with Gasteiger partial charge in [-0.2, -0.15) is 0 Å². The molecule has 1 aromatic rings. The van der Waals surface area contributed by atoms with Gasteiger partial charge in [-0.1, -0.05) is 12.1 Å². The molecule has 1 N–H and O–H groups in total. The Morgan fingerprint density at radius 3 is 2.37 bits per heavy atom. The second kappa shape index (κ2) is 8.14. The van der Waals surface area contributed by atoms with Gasteiger partial charge < -0.3 is 4.74 Å². The van der Waals surface area contributed by atoms with Gasteiger partial charge in [-0.15, -0.1) is 0 Å². The number of benzene rings is 1. The Balaban J connectivity index is 0.000000223. The first-order valence-electron chi connectivity index (χ1n) is 9.14. The summed E-state index contributed by atoms with van der Waals surface area (Å²) in [5.74, 6) is -0.256. The van der Waals surface area contributed by atoms with Gasteiger partial charge in [0.25, 0.3) is 0 Å². The van der Waals surface area contributed by atoms with Gasteiger partial charge in [-0.05, 0) is 59.1 Å². The lowest BCUT2D eigenvalue weighted by atomic mass is 10.1. The molecule has 0 radical (unpaired) electrons. The van der Waals surface area contributed by atoms with E-state index in [0.29, 0.717) is 12.1 Å². The molecule has 6 nitrogen and oxygen atoms in total. The first kappa shape index (κ1) is 21.6. The van der Waals surface area contributed by atoms with Crippen molar-refractivity contribution >= 4 is 16.1 Å². The van der Waals surface area contributed by atoms with E-state index < -0.39 is 21.7 Å². The lowest BCUT2D eigenvalue weighted by Gasteiger charge is -2.24. The van der Waals surface area contributed by atoms with Crippen molar-refractivity contribution < 1.29 is 22.3 Å². The molecule has 0 aromatic heterocycles. The number of hydrogen-bond acceptors (Lipinski definition) is 4. The van der Waals surface area contributed by atoms with Gasteiger partial charge in [0.1, 0.15) is 11.4 Å². The molecule has 1 fully saturated rings. The van der Waals surface area contributed by atoms with Crippen molar-refractivity contribution in [2.75, 3.05) is 0 Å². The molecule has 8 heteroatoms. The summed E-state index contributed by atoms with van der Waals surface area (Å²) >= 11 is 0. The molecule has 152 valence electrons. The molecule has 3 rings (SSSR count). The summed E-state index contributed by atoms with van der Waals surface area (Å²) in [5.41, 5.74) is 0.930. The van der Waals surface area contributed by atoms with E-state index in [2.05, 4.69) is 4.72 Å². The molecule has 2 aliphatic rings. The topological polar surface area (TPSA) is 75.7 Å². The fraction of sp³-hybridized carbons (Fsp3) is 0.632. The highest BCUT2D eigenvalue weighted by atomic mass is 32.2. The van der Waals surface area contributed by atoms with Crippen LogP contribution in [0.15, 0.2) is 18.2 Å². The number of amides is 1. The summed E-state index contributed by atoms with van der Waals surface area (Å²) < 4.78 is 43.5. The monoisotopic (exact) mass is 400 g/mol. The molecular formula is C19H29FN2O4S. The predicted molar refractivity (Wildman–Crippen MR) is 102 cm³/mol. The van der Waals surface area contributed by atoms with Gasteiger partial charge in [0, 0.05) is 18.2 Å². The SMILES string of the molecule is CC(C)(C)OC(=O)N1Cc2cccc(F)c2C1.CC(C)NS(=O)(=O)C1CC1. The molecule has 1 aliphatic heterocycles. The van der Waals surface area contributed by atoms with E-state index in [1.54, 1.807) is 6.07 Å². The quantitative estimate of drug-likeness (QED) is 0.842. The summed E-state index contributed by atoms with van der Waals surface area (Å²) in [5, 5.41) is -0.0881. The maximum atomic E-state index is 13.5. The van der Waals surface area contributed by atoms with E-state index in [0.717, 1.165) is 18.4 Å². The summed E-state index contributed by atoms with van der Waals surface area (Å²) in [6, 6.07) is 4.94. The van der Waals surface area contributed by atoms with Crippen molar-refractivity contribution in [3.8, 4) is 0 Å². The third-order valence-corrected chi connectivity index (χ3v) is 6.09. The first-order chi connectivity index (χ1) is 12.4. The zero-order valence-corrected chi connectivity index (χ0v) is 17.4. The van der Waals surface area contributed by atoms with Gasteiger partial charge in [0.15, 0.2) is 0 Å². The van der Waals surface area contributed by atoms with Crippen LogP contribution in [0.25, 0.3) is 0 Å². The number of nitrogens with one attached hydrogen (secondary N) is 1. The maximum Gasteiger partial charge on any atom is 0.410 e. The minimum absolute atomic E-state index is 0.0330. The molecular weight excluding hydrogens is 371 g/mol. The Kier molecular flexibility index (Phi) is 6.52. The third kappa shape index (κ3) is 6.46. The normalized spacial score (nSPS) is 16.6. The van der Waals surface area contributed by atoms with Crippen molar-refractivity contribution in [1.29, 1.82) is 0 Å². The number of rotatable bonds is 3. The molecule has 0 atom stereocenters. The minimum Gasteiger partial charge on any atom is -0.444 e. The van der Waals surface area contributed by atoms with Gasteiger partial charge >= 0.3 is 6.09 Å². The lowest BCUT2D eigenvalue weighted by Crippen LogP contribution is -2.33. The number of halogens is 1. The van der Waals surface area contributed by atoms with Gasteiger partial charge in [0.2, 0.25) is 10.0 Å². The van der Waals surface area contributed by atoms with Crippen molar-refractivity contribution in [2.24, 2.45) is 0 Å². The molecule has 27 heavy (non-hydrogen) atoms. The standard InChI is InChI=1S/C13H16FNO2.C6H13NO2S/c1-13(2,3)17-12(16)15-7-9-5-4-6-11(14)10(9)8-15;1-5(2)7-10(8,9)6-3-4-6/h4-6H,7-8H2,1-3H3;5-7H,3-4H2,1-2H3. The molecule has 1 amide bonds. The van der Waals surface area contributed by atoms with Crippen LogP contribution in [0, 0.1) is 5.82 Å². The average Bonchev–Trinajstić information content (AvgIpc) is 3.26. The molecule has 1 heterocycles. The fourth-order valence-corrected chi connectivity index (χ4v) is 4.25. The van der Waals surface area contributed by atoms with Gasteiger partial charge in [0.05, 0.1) is 11.8 Å². The summed E-state index contributed by atoms with van der Waals surface area (Å²) in [7, 11) is -2.94. The van der Waals surface area contributed by atoms with Crippen LogP contribution in [0.2, 0.25) is 0 Å². The van der Waals surface area contributed by atoms with E-state index >= 15 is 0 Å². The highest BCUT2D eigenvalue weighted by molar-refractivity contribution is 7.90. The van der Waals surface area contributed by atoms with Crippen molar-refractivity contribution in [1.82, 2.24) is 9.62 Å². The zero-order chi connectivity index (χ0) is 20.4. The fourth-order valence-electron chi connectivity index (χ4n) is 2.64. The average molecular weight is 401 g/mol. The smallest absolute Gasteiger partial charge is 0.410 e. The summed E-state index contributed by atoms with van der Waals surface area (Å²) in [6.07, 6.45) is 1.28. The number of hydrogen-bond donors (Lipinski definition) is 1. The Labute approximate surface area is 161 Å². The van der Waals surface area contributed by atoms with Crippen LogP contribution in [0.4, 0.5) is 9.18 Å². The lowest BCUT2D eigenvalue weighted by molar-refractivity contribution is 0.0241. The van der Waals surface area contributed by atoms with E-state index in [1.165, 1.54) is 11.0 Å². The predicted octanol–water partition coefficient (Wildman–Crippen LogP) is 3.55. The number of carbonyl (C=O) groups is 1. The van der Waals surface area contributed by atoms with Crippen LogP contribution in [0.1, 0.15) is 58.6 Å². The first-order valence-corrected chi connectivity index (χ1v) is 10.7.